The highest BCUT2D eigenvalue weighted by Gasteiger charge is 2.16. The number of rotatable bonds is 15. The maximum Gasteiger partial charge on any atom is 0.313 e. The first-order chi connectivity index (χ1) is 13.0. The van der Waals surface area contributed by atoms with Gasteiger partial charge in [-0.3, -0.25) is 4.79 Å². The van der Waals surface area contributed by atoms with Gasteiger partial charge in [0, 0.05) is 0 Å². The lowest BCUT2D eigenvalue weighted by Crippen LogP contribution is -2.14. The van der Waals surface area contributed by atoms with Crippen LogP contribution in [0.4, 0.5) is 0 Å². The summed E-state index contributed by atoms with van der Waals surface area (Å²) in [6.45, 7) is 9.21. The van der Waals surface area contributed by atoms with Gasteiger partial charge in [0.25, 0.3) is 0 Å². The molecule has 0 N–H and O–H groups in total. The number of carbonyl (C=O) groups is 1. The molecule has 0 aliphatic rings. The van der Waals surface area contributed by atoms with E-state index in [2.05, 4.69) is 45.0 Å². The second kappa shape index (κ2) is 14.7. The first-order valence-electron chi connectivity index (χ1n) is 11.3. The fraction of sp³-hybridized carbons (Fsp3) is 0.720. The van der Waals surface area contributed by atoms with Crippen molar-refractivity contribution in [3.63, 3.8) is 0 Å². The fourth-order valence-corrected chi connectivity index (χ4v) is 3.44. The van der Waals surface area contributed by atoms with E-state index in [1.54, 1.807) is 0 Å². The molecule has 0 fully saturated rings. The van der Waals surface area contributed by atoms with Crippen LogP contribution in [0.25, 0.3) is 0 Å². The summed E-state index contributed by atoms with van der Waals surface area (Å²) in [5.74, 6) is 0.378. The molecule has 1 rings (SSSR count). The number of benzene rings is 1. The molecule has 1 atom stereocenters. The maximum atomic E-state index is 12.2. The third-order valence-electron chi connectivity index (χ3n) is 5.22. The van der Waals surface area contributed by atoms with Crippen LogP contribution in [-0.2, 0) is 16.0 Å². The quantitative estimate of drug-likeness (QED) is 0.235. The predicted molar refractivity (Wildman–Crippen MR) is 116 cm³/mol. The monoisotopic (exact) mass is 374 g/mol. The highest BCUT2D eigenvalue weighted by molar-refractivity contribution is 5.77. The zero-order valence-electron chi connectivity index (χ0n) is 18.3. The molecule has 2 nitrogen and oxygen atoms in total. The minimum atomic E-state index is -0.179. The molecule has 154 valence electrons. The zero-order valence-corrected chi connectivity index (χ0v) is 18.3. The smallest absolute Gasteiger partial charge is 0.313 e. The van der Waals surface area contributed by atoms with Crippen molar-refractivity contribution in [2.45, 2.75) is 104 Å². The number of hydrogen-bond donors (Lipinski definition) is 0. The van der Waals surface area contributed by atoms with E-state index in [1.165, 1.54) is 63.4 Å². The molecule has 1 unspecified atom stereocenters. The van der Waals surface area contributed by atoms with E-state index < -0.39 is 0 Å². The van der Waals surface area contributed by atoms with Crippen molar-refractivity contribution in [2.75, 3.05) is 6.61 Å². The second-order valence-corrected chi connectivity index (χ2v) is 8.41. The summed E-state index contributed by atoms with van der Waals surface area (Å²) in [7, 11) is 0. The summed E-state index contributed by atoms with van der Waals surface area (Å²) in [5.41, 5.74) is 2.38. The Morgan fingerprint density at radius 3 is 1.85 bits per heavy atom. The van der Waals surface area contributed by atoms with Gasteiger partial charge in [0.2, 0.25) is 0 Å². The second-order valence-electron chi connectivity index (χ2n) is 8.41. The van der Waals surface area contributed by atoms with Gasteiger partial charge in [-0.2, -0.15) is 0 Å². The van der Waals surface area contributed by atoms with Crippen LogP contribution in [0.15, 0.2) is 24.3 Å². The minimum absolute atomic E-state index is 0.0949. The van der Waals surface area contributed by atoms with Crippen LogP contribution in [0.2, 0.25) is 0 Å². The minimum Gasteiger partial charge on any atom is -0.465 e. The number of carbonyl (C=O) groups excluding carboxylic acids is 1. The van der Waals surface area contributed by atoms with Gasteiger partial charge in [-0.1, -0.05) is 103 Å². The summed E-state index contributed by atoms with van der Waals surface area (Å²) in [4.78, 5) is 12.2. The summed E-state index contributed by atoms with van der Waals surface area (Å²) >= 11 is 0. The molecule has 0 aliphatic heterocycles. The Bertz CT molecular complexity index is 490. The molecular formula is C25H42O2. The molecule has 1 aromatic carbocycles. The third-order valence-corrected chi connectivity index (χ3v) is 5.22. The van der Waals surface area contributed by atoms with Crippen LogP contribution < -0.4 is 0 Å². The van der Waals surface area contributed by atoms with Gasteiger partial charge in [-0.25, -0.2) is 0 Å². The van der Waals surface area contributed by atoms with Crippen LogP contribution in [-0.4, -0.2) is 12.6 Å². The van der Waals surface area contributed by atoms with Gasteiger partial charge in [-0.05, 0) is 36.8 Å². The number of unbranched alkanes of at least 4 members (excludes halogenated alkanes) is 9. The first-order valence-corrected chi connectivity index (χ1v) is 11.3. The van der Waals surface area contributed by atoms with E-state index in [1.807, 2.05) is 6.92 Å². The van der Waals surface area contributed by atoms with Crippen molar-refractivity contribution in [2.24, 2.45) is 5.92 Å². The van der Waals surface area contributed by atoms with Crippen LogP contribution in [0, 0.1) is 5.92 Å². The van der Waals surface area contributed by atoms with Crippen LogP contribution in [0.3, 0.4) is 0 Å². The van der Waals surface area contributed by atoms with Crippen molar-refractivity contribution in [3.05, 3.63) is 35.4 Å². The highest BCUT2D eigenvalue weighted by atomic mass is 16.5. The maximum absolute atomic E-state index is 12.2. The summed E-state index contributed by atoms with van der Waals surface area (Å²) < 4.78 is 5.49. The highest BCUT2D eigenvalue weighted by Crippen LogP contribution is 2.19. The molecule has 0 aromatic heterocycles. The van der Waals surface area contributed by atoms with Crippen molar-refractivity contribution in [1.29, 1.82) is 0 Å². The molecule has 1 aromatic rings. The van der Waals surface area contributed by atoms with Crippen molar-refractivity contribution >= 4 is 5.97 Å². The van der Waals surface area contributed by atoms with E-state index in [4.69, 9.17) is 4.74 Å². The lowest BCUT2D eigenvalue weighted by atomic mass is 9.97. The Morgan fingerprint density at radius 2 is 1.33 bits per heavy atom. The van der Waals surface area contributed by atoms with E-state index in [0.29, 0.717) is 12.5 Å². The van der Waals surface area contributed by atoms with Gasteiger partial charge < -0.3 is 4.74 Å². The normalized spacial score (nSPS) is 12.3. The Labute approximate surface area is 168 Å². The molecule has 2 heteroatoms. The standard InChI is InChI=1S/C25H42O2/c1-5-6-7-8-9-10-11-12-13-14-19-27-25(26)22(4)24-17-15-23(16-18-24)20-21(2)3/h15-18,21-22H,5-14,19-20H2,1-4H3. The van der Waals surface area contributed by atoms with Crippen LogP contribution in [0.5, 0.6) is 0 Å². The summed E-state index contributed by atoms with van der Waals surface area (Å²) in [6, 6.07) is 8.43. The Balaban J connectivity index is 2.10. The Kier molecular flexibility index (Phi) is 12.9. The molecule has 0 amide bonds. The molecule has 0 heterocycles. The van der Waals surface area contributed by atoms with Gasteiger partial charge in [0.1, 0.15) is 0 Å². The van der Waals surface area contributed by atoms with Crippen molar-refractivity contribution in [3.8, 4) is 0 Å². The Morgan fingerprint density at radius 1 is 0.815 bits per heavy atom. The van der Waals surface area contributed by atoms with Gasteiger partial charge in [-0.15, -0.1) is 0 Å². The topological polar surface area (TPSA) is 26.3 Å². The largest absolute Gasteiger partial charge is 0.465 e. The fourth-order valence-electron chi connectivity index (χ4n) is 3.44. The zero-order chi connectivity index (χ0) is 19.9. The summed E-state index contributed by atoms with van der Waals surface area (Å²) in [6.07, 6.45) is 14.0. The lowest BCUT2D eigenvalue weighted by molar-refractivity contribution is -0.145. The third kappa shape index (κ3) is 11.2. The SMILES string of the molecule is CCCCCCCCCCCCOC(=O)C(C)c1ccc(CC(C)C)cc1. The molecule has 0 radical (unpaired) electrons. The first kappa shape index (κ1) is 23.7. The average Bonchev–Trinajstić information content (AvgIpc) is 2.65. The van der Waals surface area contributed by atoms with Crippen LogP contribution >= 0.6 is 0 Å². The van der Waals surface area contributed by atoms with Gasteiger partial charge in [0.05, 0.1) is 12.5 Å². The number of hydrogen-bond acceptors (Lipinski definition) is 2. The summed E-state index contributed by atoms with van der Waals surface area (Å²) in [5, 5.41) is 0. The molecular weight excluding hydrogens is 332 g/mol. The van der Waals surface area contributed by atoms with Gasteiger partial charge in [0.15, 0.2) is 0 Å². The van der Waals surface area contributed by atoms with E-state index in [9.17, 15) is 4.79 Å². The van der Waals surface area contributed by atoms with Crippen molar-refractivity contribution < 1.29 is 9.53 Å². The van der Waals surface area contributed by atoms with Crippen LogP contribution in [0.1, 0.15) is 109 Å². The predicted octanol–water partition coefficient (Wildman–Crippen LogP) is 7.45. The average molecular weight is 375 g/mol. The molecule has 0 saturated heterocycles. The number of ether oxygens (including phenoxy) is 1. The molecule has 0 spiro atoms. The van der Waals surface area contributed by atoms with E-state index >= 15 is 0 Å². The molecule has 27 heavy (non-hydrogen) atoms. The molecule has 0 aliphatic carbocycles. The number of esters is 1. The lowest BCUT2D eigenvalue weighted by Gasteiger charge is -2.13. The molecule has 0 saturated carbocycles. The Hall–Kier alpha value is -1.31. The van der Waals surface area contributed by atoms with Gasteiger partial charge >= 0.3 is 5.97 Å². The van der Waals surface area contributed by atoms with E-state index in [-0.39, 0.29) is 11.9 Å². The van der Waals surface area contributed by atoms with E-state index in [0.717, 1.165) is 18.4 Å². The van der Waals surface area contributed by atoms with Crippen molar-refractivity contribution in [1.82, 2.24) is 0 Å². The molecule has 0 bridgehead atoms.